The molecule has 0 unspecified atom stereocenters. The number of rotatable bonds is 24. The first-order chi connectivity index (χ1) is 19.1. The van der Waals surface area contributed by atoms with Crippen LogP contribution in [0.1, 0.15) is 84.0 Å². The third-order valence-electron chi connectivity index (χ3n) is 7.11. The van der Waals surface area contributed by atoms with Gasteiger partial charge in [0.2, 0.25) is 5.91 Å². The molecule has 39 heavy (non-hydrogen) atoms. The predicted molar refractivity (Wildman–Crippen MR) is 159 cm³/mol. The quantitative estimate of drug-likeness (QED) is 0.108. The number of piperazine rings is 1. The average molecular weight is 552 g/mol. The standard InChI is InChI=1S/C31H57N3O5/c1-3-4-5-6-7-8-9-10-11-12-13-14-15-16-17-18-31(37)39-28-25-34(24-27-38-2)30(36)29-33-21-19-32(20-22-33)23-26-35/h7-8,10-11,35H,3-6,9,12-29H2,1-2H3/b8-7-,11-10-. The summed E-state index contributed by atoms with van der Waals surface area (Å²) in [5, 5.41) is 9.09. The van der Waals surface area contributed by atoms with E-state index in [1.165, 1.54) is 38.5 Å². The van der Waals surface area contributed by atoms with Crippen molar-refractivity contribution in [1.29, 1.82) is 0 Å². The Balaban J connectivity index is 2.09. The van der Waals surface area contributed by atoms with Crippen LogP contribution in [0, 0.1) is 0 Å². The van der Waals surface area contributed by atoms with Crippen LogP contribution in [0.5, 0.6) is 0 Å². The number of hydrogen-bond acceptors (Lipinski definition) is 7. The first-order valence-corrected chi connectivity index (χ1v) is 15.4. The number of carbonyl (C=O) groups excluding carboxylic acids is 2. The van der Waals surface area contributed by atoms with Crippen molar-refractivity contribution < 1.29 is 24.2 Å². The van der Waals surface area contributed by atoms with E-state index in [1.807, 2.05) is 0 Å². The van der Waals surface area contributed by atoms with Crippen molar-refractivity contribution in [1.82, 2.24) is 14.7 Å². The molecule has 226 valence electrons. The molecule has 1 N–H and O–H groups in total. The molecule has 0 aromatic carbocycles. The van der Waals surface area contributed by atoms with Crippen molar-refractivity contribution in [2.75, 3.05) is 79.3 Å². The second-order valence-corrected chi connectivity index (χ2v) is 10.4. The van der Waals surface area contributed by atoms with Gasteiger partial charge in [0.15, 0.2) is 0 Å². The minimum atomic E-state index is -0.181. The van der Waals surface area contributed by atoms with E-state index in [-0.39, 0.29) is 25.1 Å². The summed E-state index contributed by atoms with van der Waals surface area (Å²) in [7, 11) is 1.62. The van der Waals surface area contributed by atoms with Gasteiger partial charge in [-0.2, -0.15) is 0 Å². The summed E-state index contributed by atoms with van der Waals surface area (Å²) in [6.45, 7) is 8.34. The maximum atomic E-state index is 12.9. The van der Waals surface area contributed by atoms with E-state index < -0.39 is 0 Å². The zero-order chi connectivity index (χ0) is 28.4. The molecule has 0 atom stereocenters. The number of ether oxygens (including phenoxy) is 2. The van der Waals surface area contributed by atoms with Crippen LogP contribution < -0.4 is 0 Å². The minimum absolute atomic E-state index is 0.0347. The normalized spacial score (nSPS) is 14.9. The number of esters is 1. The van der Waals surface area contributed by atoms with Gasteiger partial charge in [0.05, 0.1) is 26.3 Å². The Morgan fingerprint density at radius 3 is 2.10 bits per heavy atom. The lowest BCUT2D eigenvalue weighted by molar-refractivity contribution is -0.146. The Labute approximate surface area is 238 Å². The summed E-state index contributed by atoms with van der Waals surface area (Å²) in [5.41, 5.74) is 0. The van der Waals surface area contributed by atoms with Gasteiger partial charge in [0.1, 0.15) is 6.61 Å². The molecule has 0 aromatic rings. The molecule has 8 nitrogen and oxygen atoms in total. The maximum absolute atomic E-state index is 12.9. The Kier molecular flexibility index (Phi) is 22.8. The third-order valence-corrected chi connectivity index (χ3v) is 7.11. The number of methoxy groups -OCH3 is 1. The lowest BCUT2D eigenvalue weighted by Crippen LogP contribution is -2.51. The minimum Gasteiger partial charge on any atom is -0.464 e. The number of amides is 1. The summed E-state index contributed by atoms with van der Waals surface area (Å²) in [5.74, 6) is -0.146. The van der Waals surface area contributed by atoms with Crippen LogP contribution >= 0.6 is 0 Å². The number of allylic oxidation sites excluding steroid dienone is 4. The molecule has 1 aliphatic rings. The zero-order valence-electron chi connectivity index (χ0n) is 25.0. The fraction of sp³-hybridized carbons (Fsp3) is 0.806. The molecule has 1 saturated heterocycles. The maximum Gasteiger partial charge on any atom is 0.305 e. The van der Waals surface area contributed by atoms with Gasteiger partial charge < -0.3 is 19.5 Å². The van der Waals surface area contributed by atoms with Crippen LogP contribution in [0.3, 0.4) is 0 Å². The summed E-state index contributed by atoms with van der Waals surface area (Å²) in [6.07, 6.45) is 22.3. The molecule has 1 heterocycles. The summed E-state index contributed by atoms with van der Waals surface area (Å²) in [4.78, 5) is 31.1. The highest BCUT2D eigenvalue weighted by molar-refractivity contribution is 5.78. The molecule has 8 heteroatoms. The molecule has 0 bridgehead atoms. The number of carbonyl (C=O) groups is 2. The Bertz CT molecular complexity index is 663. The molecule has 0 saturated carbocycles. The topological polar surface area (TPSA) is 82.5 Å². The van der Waals surface area contributed by atoms with Crippen LogP contribution in [-0.2, 0) is 19.1 Å². The van der Waals surface area contributed by atoms with E-state index in [2.05, 4.69) is 41.0 Å². The number of aliphatic hydroxyl groups is 1. The van der Waals surface area contributed by atoms with E-state index in [0.717, 1.165) is 58.3 Å². The fourth-order valence-electron chi connectivity index (χ4n) is 4.59. The van der Waals surface area contributed by atoms with E-state index in [1.54, 1.807) is 12.0 Å². The van der Waals surface area contributed by atoms with Gasteiger partial charge in [-0.05, 0) is 38.5 Å². The molecule has 1 fully saturated rings. The van der Waals surface area contributed by atoms with Crippen molar-refractivity contribution in [2.24, 2.45) is 0 Å². The number of nitrogens with zero attached hydrogens (tertiary/aromatic N) is 3. The van der Waals surface area contributed by atoms with Crippen LogP contribution in [-0.4, -0.2) is 111 Å². The molecule has 0 spiro atoms. The van der Waals surface area contributed by atoms with Crippen molar-refractivity contribution in [2.45, 2.75) is 84.0 Å². The summed E-state index contributed by atoms with van der Waals surface area (Å²) in [6, 6.07) is 0. The lowest BCUT2D eigenvalue weighted by atomic mass is 10.1. The Morgan fingerprint density at radius 1 is 0.821 bits per heavy atom. The van der Waals surface area contributed by atoms with Crippen molar-refractivity contribution in [3.05, 3.63) is 24.3 Å². The van der Waals surface area contributed by atoms with E-state index in [9.17, 15) is 9.59 Å². The van der Waals surface area contributed by atoms with Crippen molar-refractivity contribution in [3.8, 4) is 0 Å². The number of unbranched alkanes of at least 4 members (excludes halogenated alkanes) is 8. The van der Waals surface area contributed by atoms with Crippen LogP contribution in [0.25, 0.3) is 0 Å². The molecular formula is C31H57N3O5. The van der Waals surface area contributed by atoms with Gasteiger partial charge in [-0.15, -0.1) is 0 Å². The van der Waals surface area contributed by atoms with Gasteiger partial charge in [-0.1, -0.05) is 63.3 Å². The van der Waals surface area contributed by atoms with Gasteiger partial charge in [-0.3, -0.25) is 19.4 Å². The van der Waals surface area contributed by atoms with Gasteiger partial charge in [0, 0.05) is 52.8 Å². The van der Waals surface area contributed by atoms with Gasteiger partial charge in [0.25, 0.3) is 0 Å². The highest BCUT2D eigenvalue weighted by Crippen LogP contribution is 2.09. The summed E-state index contributed by atoms with van der Waals surface area (Å²) >= 11 is 0. The molecule has 0 aromatic heterocycles. The lowest BCUT2D eigenvalue weighted by Gasteiger charge is -2.35. The smallest absolute Gasteiger partial charge is 0.305 e. The van der Waals surface area contributed by atoms with E-state index in [0.29, 0.717) is 39.2 Å². The SMILES string of the molecule is CCCCC/C=C\C/C=C\CCCCCCCC(=O)OCCN(CCOC)C(=O)CN1CCN(CCO)CC1. The highest BCUT2D eigenvalue weighted by Gasteiger charge is 2.21. The van der Waals surface area contributed by atoms with Crippen LogP contribution in [0.4, 0.5) is 0 Å². The third kappa shape index (κ3) is 19.9. The second-order valence-electron chi connectivity index (χ2n) is 10.4. The summed E-state index contributed by atoms with van der Waals surface area (Å²) < 4.78 is 10.6. The van der Waals surface area contributed by atoms with E-state index in [4.69, 9.17) is 14.6 Å². The van der Waals surface area contributed by atoms with Crippen LogP contribution in [0.2, 0.25) is 0 Å². The van der Waals surface area contributed by atoms with Gasteiger partial charge in [-0.25, -0.2) is 0 Å². The molecule has 1 rings (SSSR count). The first-order valence-electron chi connectivity index (χ1n) is 15.4. The highest BCUT2D eigenvalue weighted by atomic mass is 16.5. The predicted octanol–water partition coefficient (Wildman–Crippen LogP) is 4.43. The first kappa shape index (κ1) is 35.3. The molecule has 1 aliphatic heterocycles. The number of β-amino-alcohol motifs (C(OH)–C–C–N with tert-alkyl or cyclic N) is 1. The zero-order valence-corrected chi connectivity index (χ0v) is 25.0. The number of hydrogen-bond donors (Lipinski definition) is 1. The average Bonchev–Trinajstić information content (AvgIpc) is 2.94. The Morgan fingerprint density at radius 2 is 1.44 bits per heavy atom. The fourth-order valence-corrected chi connectivity index (χ4v) is 4.59. The monoisotopic (exact) mass is 551 g/mol. The van der Waals surface area contributed by atoms with Gasteiger partial charge >= 0.3 is 5.97 Å². The molecule has 0 aliphatic carbocycles. The van der Waals surface area contributed by atoms with Crippen molar-refractivity contribution >= 4 is 11.9 Å². The van der Waals surface area contributed by atoms with E-state index >= 15 is 0 Å². The van der Waals surface area contributed by atoms with Crippen LogP contribution in [0.15, 0.2) is 24.3 Å². The number of aliphatic hydroxyl groups excluding tert-OH is 1. The largest absolute Gasteiger partial charge is 0.464 e. The van der Waals surface area contributed by atoms with Crippen molar-refractivity contribution in [3.63, 3.8) is 0 Å². The Hall–Kier alpha value is -1.74. The second kappa shape index (κ2) is 25.2. The molecule has 0 radical (unpaired) electrons. The molecular weight excluding hydrogens is 494 g/mol. The molecule has 1 amide bonds.